The summed E-state index contributed by atoms with van der Waals surface area (Å²) in [7, 11) is 6.00. The Morgan fingerprint density at radius 2 is 2.07 bits per heavy atom. The zero-order chi connectivity index (χ0) is 20.2. The number of benzene rings is 1. The first-order valence-electron chi connectivity index (χ1n) is 9.07. The molecule has 1 aromatic carbocycles. The number of hydrogen-bond donors (Lipinski definition) is 3. The van der Waals surface area contributed by atoms with Crippen LogP contribution in [0.3, 0.4) is 0 Å². The Kier molecular flexibility index (Phi) is 5.48. The number of rotatable bonds is 7. The number of anilines is 1. The molecule has 1 amide bonds. The lowest BCUT2D eigenvalue weighted by molar-refractivity contribution is -0.120. The highest BCUT2D eigenvalue weighted by Crippen LogP contribution is 2.29. The number of amides is 1. The van der Waals surface area contributed by atoms with E-state index in [1.54, 1.807) is 40.1 Å². The third-order valence-corrected chi connectivity index (χ3v) is 5.22. The van der Waals surface area contributed by atoms with Crippen LogP contribution in [-0.2, 0) is 11.2 Å². The second-order valence-electron chi connectivity index (χ2n) is 6.41. The van der Waals surface area contributed by atoms with E-state index in [0.717, 1.165) is 4.88 Å². The number of aromatic hydroxyl groups is 1. The topological polar surface area (TPSA) is 91.5 Å². The monoisotopic (exact) mass is 403 g/mol. The molecule has 2 radical (unpaired) electrons. The van der Waals surface area contributed by atoms with Crippen LogP contribution in [0.25, 0.3) is 16.9 Å². The van der Waals surface area contributed by atoms with Gasteiger partial charge in [-0.05, 0) is 29.0 Å². The standard InChI is InChI=1S/C20H18BN5O2S/c21-15-12-24-26-18(22-7-8-23-19(28)10-13-4-3-9-29-13)11-16(25-20(15)26)14-5-1-2-6-17(14)27/h1-6,9,11-12,22,27H,7-8,10H2,(H,23,28). The normalized spacial score (nSPS) is 10.9. The molecule has 3 heterocycles. The molecule has 7 nitrogen and oxygen atoms in total. The molecule has 0 atom stereocenters. The third-order valence-electron chi connectivity index (χ3n) is 4.35. The van der Waals surface area contributed by atoms with Gasteiger partial charge in [-0.1, -0.05) is 18.2 Å². The van der Waals surface area contributed by atoms with Crippen LogP contribution in [-0.4, -0.2) is 46.5 Å². The number of nitrogens with one attached hydrogen (secondary N) is 2. The van der Waals surface area contributed by atoms with Crippen molar-refractivity contribution in [3.05, 3.63) is 58.9 Å². The summed E-state index contributed by atoms with van der Waals surface area (Å²) in [6.07, 6.45) is 1.91. The number of para-hydroxylation sites is 1. The van der Waals surface area contributed by atoms with E-state index in [-0.39, 0.29) is 11.7 Å². The molecule has 0 spiro atoms. The van der Waals surface area contributed by atoms with Crippen LogP contribution >= 0.6 is 11.3 Å². The van der Waals surface area contributed by atoms with E-state index in [0.29, 0.717) is 47.7 Å². The molecule has 0 fully saturated rings. The van der Waals surface area contributed by atoms with Gasteiger partial charge in [-0.2, -0.15) is 9.61 Å². The molecule has 4 aromatic rings. The first-order chi connectivity index (χ1) is 14.1. The van der Waals surface area contributed by atoms with Gasteiger partial charge in [0.15, 0.2) is 5.65 Å². The van der Waals surface area contributed by atoms with E-state index < -0.39 is 0 Å². The van der Waals surface area contributed by atoms with Crippen LogP contribution < -0.4 is 16.1 Å². The molecule has 0 bridgehead atoms. The lowest BCUT2D eigenvalue weighted by Gasteiger charge is -2.12. The molecular formula is C20H18BN5O2S. The van der Waals surface area contributed by atoms with Crippen molar-refractivity contribution >= 4 is 42.0 Å². The number of thiophene rings is 1. The second kappa shape index (κ2) is 8.36. The molecule has 3 aromatic heterocycles. The summed E-state index contributed by atoms with van der Waals surface area (Å²) < 4.78 is 1.60. The molecule has 144 valence electrons. The molecule has 9 heteroatoms. The van der Waals surface area contributed by atoms with Gasteiger partial charge < -0.3 is 15.7 Å². The molecule has 0 aliphatic carbocycles. The minimum atomic E-state index is -0.0210. The summed E-state index contributed by atoms with van der Waals surface area (Å²) in [6, 6.07) is 12.6. The average Bonchev–Trinajstić information content (AvgIpc) is 3.35. The van der Waals surface area contributed by atoms with Crippen LogP contribution in [0.1, 0.15) is 4.88 Å². The zero-order valence-electron chi connectivity index (χ0n) is 15.5. The maximum absolute atomic E-state index is 12.0. The molecule has 0 unspecified atom stereocenters. The van der Waals surface area contributed by atoms with Gasteiger partial charge in [0, 0.05) is 35.8 Å². The molecule has 3 N–H and O–H groups in total. The summed E-state index contributed by atoms with van der Waals surface area (Å²) in [5.41, 5.74) is 2.11. The number of carbonyl (C=O) groups is 1. The van der Waals surface area contributed by atoms with Gasteiger partial charge in [0.2, 0.25) is 5.91 Å². The van der Waals surface area contributed by atoms with Crippen molar-refractivity contribution < 1.29 is 9.90 Å². The van der Waals surface area contributed by atoms with Gasteiger partial charge in [-0.25, -0.2) is 4.98 Å². The lowest BCUT2D eigenvalue weighted by atomic mass is 10.0. The Balaban J connectivity index is 1.48. The van der Waals surface area contributed by atoms with Crippen LogP contribution in [0.15, 0.2) is 54.0 Å². The molecule has 29 heavy (non-hydrogen) atoms. The Labute approximate surface area is 172 Å². The van der Waals surface area contributed by atoms with E-state index in [2.05, 4.69) is 20.7 Å². The largest absolute Gasteiger partial charge is 0.507 e. The van der Waals surface area contributed by atoms with Crippen LogP contribution in [0.4, 0.5) is 5.82 Å². The Hall–Kier alpha value is -3.33. The smallest absolute Gasteiger partial charge is 0.225 e. The van der Waals surface area contributed by atoms with Gasteiger partial charge in [0.25, 0.3) is 0 Å². The maximum Gasteiger partial charge on any atom is 0.225 e. The minimum absolute atomic E-state index is 0.0210. The lowest BCUT2D eigenvalue weighted by Crippen LogP contribution is -2.30. The second-order valence-corrected chi connectivity index (χ2v) is 7.44. The summed E-state index contributed by atoms with van der Waals surface area (Å²) in [5.74, 6) is 0.777. The predicted octanol–water partition coefficient (Wildman–Crippen LogP) is 1.73. The van der Waals surface area contributed by atoms with Crippen molar-refractivity contribution in [3.8, 4) is 17.0 Å². The average molecular weight is 403 g/mol. The van der Waals surface area contributed by atoms with Gasteiger partial charge in [0.05, 0.1) is 12.1 Å². The highest BCUT2D eigenvalue weighted by atomic mass is 32.1. The van der Waals surface area contributed by atoms with Crippen molar-refractivity contribution in [2.24, 2.45) is 0 Å². The number of fused-ring (bicyclic) bond motifs is 1. The van der Waals surface area contributed by atoms with Gasteiger partial charge in [-0.15, -0.1) is 11.3 Å². The fourth-order valence-corrected chi connectivity index (χ4v) is 3.66. The van der Waals surface area contributed by atoms with Crippen molar-refractivity contribution in [2.45, 2.75) is 6.42 Å². The zero-order valence-corrected chi connectivity index (χ0v) is 16.3. The van der Waals surface area contributed by atoms with Crippen LogP contribution in [0, 0.1) is 0 Å². The fraction of sp³-hybridized carbons (Fsp3) is 0.150. The van der Waals surface area contributed by atoms with Crippen LogP contribution in [0.2, 0.25) is 0 Å². The van der Waals surface area contributed by atoms with E-state index in [1.165, 1.54) is 6.20 Å². The Bertz CT molecular complexity index is 1140. The highest BCUT2D eigenvalue weighted by Gasteiger charge is 2.12. The molecular weight excluding hydrogens is 385 g/mol. The van der Waals surface area contributed by atoms with Crippen molar-refractivity contribution in [3.63, 3.8) is 0 Å². The van der Waals surface area contributed by atoms with Crippen molar-refractivity contribution in [2.75, 3.05) is 18.4 Å². The number of aromatic nitrogens is 3. The third kappa shape index (κ3) is 4.24. The van der Waals surface area contributed by atoms with E-state index >= 15 is 0 Å². The Morgan fingerprint density at radius 1 is 1.21 bits per heavy atom. The minimum Gasteiger partial charge on any atom is -0.507 e. The first kappa shape index (κ1) is 19.0. The number of phenolic OH excluding ortho intramolecular Hbond substituents is 1. The molecule has 0 aliphatic heterocycles. The quantitative estimate of drug-likeness (QED) is 0.323. The van der Waals surface area contributed by atoms with E-state index in [4.69, 9.17) is 7.85 Å². The summed E-state index contributed by atoms with van der Waals surface area (Å²) in [6.45, 7) is 0.950. The van der Waals surface area contributed by atoms with Gasteiger partial charge >= 0.3 is 0 Å². The van der Waals surface area contributed by atoms with Gasteiger partial charge in [0.1, 0.15) is 19.4 Å². The summed E-state index contributed by atoms with van der Waals surface area (Å²) in [4.78, 5) is 17.6. The molecule has 0 saturated heterocycles. The maximum atomic E-state index is 12.0. The number of hydrogen-bond acceptors (Lipinski definition) is 6. The van der Waals surface area contributed by atoms with E-state index in [9.17, 15) is 9.90 Å². The van der Waals surface area contributed by atoms with E-state index in [1.807, 2.05) is 23.6 Å². The highest BCUT2D eigenvalue weighted by molar-refractivity contribution is 7.10. The Morgan fingerprint density at radius 3 is 2.86 bits per heavy atom. The number of carbonyl (C=O) groups excluding carboxylic acids is 1. The molecule has 4 rings (SSSR count). The number of phenols is 1. The molecule has 0 saturated carbocycles. The number of nitrogens with zero attached hydrogens (tertiary/aromatic N) is 3. The SMILES string of the molecule is [B]c1cnn2c(NCCNC(=O)Cc3cccs3)cc(-c3ccccc3O)nc12. The summed E-state index contributed by atoms with van der Waals surface area (Å²) in [5, 5.41) is 22.5. The molecule has 0 aliphatic rings. The fourth-order valence-electron chi connectivity index (χ4n) is 2.96. The van der Waals surface area contributed by atoms with Crippen LogP contribution in [0.5, 0.6) is 5.75 Å². The first-order valence-corrected chi connectivity index (χ1v) is 9.95. The van der Waals surface area contributed by atoms with Gasteiger partial charge in [-0.3, -0.25) is 4.79 Å². The van der Waals surface area contributed by atoms with Crippen molar-refractivity contribution in [1.29, 1.82) is 0 Å². The predicted molar refractivity (Wildman–Crippen MR) is 115 cm³/mol. The van der Waals surface area contributed by atoms with Crippen molar-refractivity contribution in [1.82, 2.24) is 19.9 Å². The summed E-state index contributed by atoms with van der Waals surface area (Å²) >= 11 is 1.56.